The Morgan fingerprint density at radius 3 is 2.33 bits per heavy atom. The van der Waals surface area contributed by atoms with Gasteiger partial charge >= 0.3 is 6.03 Å². The fourth-order valence-electron chi connectivity index (χ4n) is 2.23. The third-order valence-electron chi connectivity index (χ3n) is 3.25. The molecule has 2 aliphatic rings. The third kappa shape index (κ3) is 1.81. The number of urea groups is 1. The number of nitrogens with two attached hydrogens (primary N) is 1. The van der Waals surface area contributed by atoms with Crippen molar-refractivity contribution in [1.29, 1.82) is 0 Å². The summed E-state index contributed by atoms with van der Waals surface area (Å²) < 4.78 is 0. The number of nitrogens with one attached hydrogen (secondary N) is 1. The SMILES string of the molecule is CN1C(=O)NC2(CCC(N)CC2)C1=O.Cl. The van der Waals surface area contributed by atoms with E-state index in [9.17, 15) is 9.59 Å². The summed E-state index contributed by atoms with van der Waals surface area (Å²) in [7, 11) is 1.51. The number of carbonyl (C=O) groups excluding carboxylic acids is 2. The lowest BCUT2D eigenvalue weighted by molar-refractivity contribution is -0.131. The van der Waals surface area contributed by atoms with Crippen molar-refractivity contribution < 1.29 is 9.59 Å². The summed E-state index contributed by atoms with van der Waals surface area (Å²) in [4.78, 5) is 24.3. The molecule has 1 saturated heterocycles. The third-order valence-corrected chi connectivity index (χ3v) is 3.25. The molecule has 0 aromatic heterocycles. The Balaban J connectivity index is 0.00000112. The lowest BCUT2D eigenvalue weighted by Crippen LogP contribution is -2.51. The average Bonchev–Trinajstić information content (AvgIpc) is 2.37. The number of amides is 3. The predicted octanol–water partition coefficient (Wildman–Crippen LogP) is 0.230. The Labute approximate surface area is 94.8 Å². The number of nitrogens with zero attached hydrogens (tertiary/aromatic N) is 1. The summed E-state index contributed by atoms with van der Waals surface area (Å²) >= 11 is 0. The lowest BCUT2D eigenvalue weighted by atomic mass is 9.79. The standard InChI is InChI=1S/C9H15N3O2.ClH/c1-12-7(13)9(11-8(12)14)4-2-6(10)3-5-9;/h6H,2-5,10H2,1H3,(H,11,14);1H. The molecule has 0 aromatic carbocycles. The van der Waals surface area contributed by atoms with Crippen LogP contribution in [0.15, 0.2) is 0 Å². The molecule has 15 heavy (non-hydrogen) atoms. The minimum absolute atomic E-state index is 0. The maximum Gasteiger partial charge on any atom is 0.324 e. The van der Waals surface area contributed by atoms with Gasteiger partial charge in [-0.2, -0.15) is 0 Å². The molecule has 6 heteroatoms. The van der Waals surface area contributed by atoms with Crippen LogP contribution < -0.4 is 11.1 Å². The number of halogens is 1. The molecule has 3 N–H and O–H groups in total. The van der Waals surface area contributed by atoms with Crippen LogP contribution in [-0.4, -0.2) is 35.5 Å². The van der Waals surface area contributed by atoms with Gasteiger partial charge in [0.25, 0.3) is 5.91 Å². The number of hydrogen-bond acceptors (Lipinski definition) is 3. The zero-order valence-corrected chi connectivity index (χ0v) is 9.47. The van der Waals surface area contributed by atoms with E-state index < -0.39 is 5.54 Å². The molecule has 0 bridgehead atoms. The highest BCUT2D eigenvalue weighted by molar-refractivity contribution is 6.06. The van der Waals surface area contributed by atoms with E-state index in [0.717, 1.165) is 17.7 Å². The molecule has 3 amide bonds. The van der Waals surface area contributed by atoms with Crippen molar-refractivity contribution in [3.05, 3.63) is 0 Å². The summed E-state index contributed by atoms with van der Waals surface area (Å²) in [6.45, 7) is 0. The van der Waals surface area contributed by atoms with Gasteiger partial charge in [0.2, 0.25) is 0 Å². The highest BCUT2D eigenvalue weighted by atomic mass is 35.5. The molecule has 1 spiro atoms. The molecule has 0 atom stereocenters. The van der Waals surface area contributed by atoms with Crippen LogP contribution in [0.1, 0.15) is 25.7 Å². The first-order valence-corrected chi connectivity index (χ1v) is 4.91. The van der Waals surface area contributed by atoms with Crippen molar-refractivity contribution in [2.75, 3.05) is 7.05 Å². The maximum atomic E-state index is 11.8. The molecule has 1 saturated carbocycles. The Morgan fingerprint density at radius 1 is 1.40 bits per heavy atom. The van der Waals surface area contributed by atoms with Gasteiger partial charge in [-0.25, -0.2) is 4.79 Å². The van der Waals surface area contributed by atoms with E-state index in [1.807, 2.05) is 0 Å². The summed E-state index contributed by atoms with van der Waals surface area (Å²) in [5.41, 5.74) is 5.13. The molecule has 0 aromatic rings. The van der Waals surface area contributed by atoms with Crippen molar-refractivity contribution in [3.8, 4) is 0 Å². The van der Waals surface area contributed by atoms with E-state index in [2.05, 4.69) is 5.32 Å². The quantitative estimate of drug-likeness (QED) is 0.588. The van der Waals surface area contributed by atoms with E-state index in [-0.39, 0.29) is 30.4 Å². The minimum Gasteiger partial charge on any atom is -0.328 e. The molecule has 2 rings (SSSR count). The molecular formula is C9H16ClN3O2. The Morgan fingerprint density at radius 2 is 1.93 bits per heavy atom. The largest absolute Gasteiger partial charge is 0.328 e. The van der Waals surface area contributed by atoms with Gasteiger partial charge in [0.05, 0.1) is 0 Å². The van der Waals surface area contributed by atoms with Gasteiger partial charge in [0.1, 0.15) is 5.54 Å². The van der Waals surface area contributed by atoms with Gasteiger partial charge in [-0.3, -0.25) is 9.69 Å². The fourth-order valence-corrected chi connectivity index (χ4v) is 2.23. The average molecular weight is 234 g/mol. The fraction of sp³-hybridized carbons (Fsp3) is 0.778. The van der Waals surface area contributed by atoms with Gasteiger partial charge in [-0.15, -0.1) is 12.4 Å². The number of imide groups is 1. The normalized spacial score (nSPS) is 35.3. The molecule has 2 fully saturated rings. The van der Waals surface area contributed by atoms with Crippen LogP contribution in [-0.2, 0) is 4.79 Å². The summed E-state index contributed by atoms with van der Waals surface area (Å²) in [6, 6.07) is -0.110. The molecule has 86 valence electrons. The highest BCUT2D eigenvalue weighted by Crippen LogP contribution is 2.32. The van der Waals surface area contributed by atoms with Gasteiger partial charge < -0.3 is 11.1 Å². The van der Waals surface area contributed by atoms with E-state index in [0.29, 0.717) is 12.8 Å². The first-order valence-electron chi connectivity index (χ1n) is 4.91. The van der Waals surface area contributed by atoms with Crippen LogP contribution >= 0.6 is 12.4 Å². The van der Waals surface area contributed by atoms with Crippen molar-refractivity contribution in [1.82, 2.24) is 10.2 Å². The van der Waals surface area contributed by atoms with E-state index >= 15 is 0 Å². The Bertz CT molecular complexity index is 287. The van der Waals surface area contributed by atoms with Crippen LogP contribution in [0.25, 0.3) is 0 Å². The molecular weight excluding hydrogens is 218 g/mol. The Kier molecular flexibility index (Phi) is 3.25. The Hall–Kier alpha value is -0.810. The second-order valence-electron chi connectivity index (χ2n) is 4.21. The van der Waals surface area contributed by atoms with Crippen LogP contribution in [0.4, 0.5) is 4.79 Å². The summed E-state index contributed by atoms with van der Waals surface area (Å²) in [5.74, 6) is -0.102. The van der Waals surface area contributed by atoms with E-state index in [1.54, 1.807) is 0 Å². The van der Waals surface area contributed by atoms with Crippen LogP contribution in [0, 0.1) is 0 Å². The maximum absolute atomic E-state index is 11.8. The van der Waals surface area contributed by atoms with E-state index in [1.165, 1.54) is 7.05 Å². The van der Waals surface area contributed by atoms with Gasteiger partial charge in [-0.05, 0) is 25.7 Å². The van der Waals surface area contributed by atoms with E-state index in [4.69, 9.17) is 5.73 Å². The van der Waals surface area contributed by atoms with Crippen LogP contribution in [0.5, 0.6) is 0 Å². The molecule has 1 heterocycles. The zero-order chi connectivity index (χ0) is 10.3. The summed E-state index contributed by atoms with van der Waals surface area (Å²) in [6.07, 6.45) is 2.95. The number of hydrogen-bond donors (Lipinski definition) is 2. The van der Waals surface area contributed by atoms with Crippen molar-refractivity contribution in [2.45, 2.75) is 37.3 Å². The van der Waals surface area contributed by atoms with Crippen molar-refractivity contribution in [2.24, 2.45) is 5.73 Å². The topological polar surface area (TPSA) is 75.4 Å². The number of rotatable bonds is 0. The molecule has 1 aliphatic heterocycles. The second kappa shape index (κ2) is 3.98. The number of likely N-dealkylation sites (N-methyl/N-ethyl adjacent to an activating group) is 1. The van der Waals surface area contributed by atoms with Crippen LogP contribution in [0.2, 0.25) is 0 Å². The molecule has 0 radical (unpaired) electrons. The van der Waals surface area contributed by atoms with Gasteiger partial charge in [0, 0.05) is 13.1 Å². The first kappa shape index (κ1) is 12.3. The smallest absolute Gasteiger partial charge is 0.324 e. The minimum atomic E-state index is -0.637. The van der Waals surface area contributed by atoms with Gasteiger partial charge in [0.15, 0.2) is 0 Å². The molecule has 0 unspecified atom stereocenters. The van der Waals surface area contributed by atoms with Crippen LogP contribution in [0.3, 0.4) is 0 Å². The first-order chi connectivity index (χ1) is 6.55. The lowest BCUT2D eigenvalue weighted by Gasteiger charge is -2.33. The molecule has 1 aliphatic carbocycles. The summed E-state index contributed by atoms with van der Waals surface area (Å²) in [5, 5.41) is 2.77. The highest BCUT2D eigenvalue weighted by Gasteiger charge is 2.50. The predicted molar refractivity (Wildman–Crippen MR) is 57.7 cm³/mol. The van der Waals surface area contributed by atoms with Crippen molar-refractivity contribution >= 4 is 24.3 Å². The molecule has 5 nitrogen and oxygen atoms in total. The number of carbonyl (C=O) groups is 2. The van der Waals surface area contributed by atoms with Gasteiger partial charge in [-0.1, -0.05) is 0 Å². The van der Waals surface area contributed by atoms with Crippen molar-refractivity contribution in [3.63, 3.8) is 0 Å². The zero-order valence-electron chi connectivity index (χ0n) is 8.66. The monoisotopic (exact) mass is 233 g/mol. The second-order valence-corrected chi connectivity index (χ2v) is 4.21.